The Balaban J connectivity index is 1.95. The molecule has 1 saturated heterocycles. The van der Waals surface area contributed by atoms with Gasteiger partial charge in [-0.05, 0) is 17.7 Å². The number of amides is 2. The number of hydrogen-bond acceptors (Lipinski definition) is 4. The van der Waals surface area contributed by atoms with Crippen LogP contribution < -0.4 is 15.4 Å². The number of hydrogen-bond donors (Lipinski definition) is 2. The number of piperazine rings is 1. The summed E-state index contributed by atoms with van der Waals surface area (Å²) in [5, 5.41) is 5.21. The van der Waals surface area contributed by atoms with Crippen molar-refractivity contribution in [3.05, 3.63) is 29.8 Å². The second-order valence-corrected chi connectivity index (χ2v) is 4.24. The summed E-state index contributed by atoms with van der Waals surface area (Å²) in [6, 6.07) is 6.82. The largest absolute Gasteiger partial charge is 0.468 e. The highest BCUT2D eigenvalue weighted by Gasteiger charge is 2.25. The molecule has 0 aromatic heterocycles. The van der Waals surface area contributed by atoms with Crippen molar-refractivity contribution >= 4 is 11.8 Å². The second kappa shape index (κ2) is 6.19. The van der Waals surface area contributed by atoms with Crippen LogP contribution in [-0.2, 0) is 20.7 Å². The van der Waals surface area contributed by atoms with Crippen molar-refractivity contribution in [2.45, 2.75) is 12.5 Å². The van der Waals surface area contributed by atoms with Crippen LogP contribution in [0, 0.1) is 0 Å². The third kappa shape index (κ3) is 3.69. The van der Waals surface area contributed by atoms with Gasteiger partial charge in [0.25, 0.3) is 0 Å². The summed E-state index contributed by atoms with van der Waals surface area (Å²) in [6.07, 6.45) is 0.460. The summed E-state index contributed by atoms with van der Waals surface area (Å²) in [7, 11) is 1.55. The molecule has 1 aliphatic rings. The van der Waals surface area contributed by atoms with Crippen molar-refractivity contribution in [1.82, 2.24) is 10.6 Å². The Labute approximate surface area is 111 Å². The fourth-order valence-corrected chi connectivity index (χ4v) is 1.83. The molecule has 1 fully saturated rings. The molecule has 0 bridgehead atoms. The van der Waals surface area contributed by atoms with Gasteiger partial charge >= 0.3 is 0 Å². The van der Waals surface area contributed by atoms with E-state index < -0.39 is 6.04 Å². The van der Waals surface area contributed by atoms with Gasteiger partial charge in [0.05, 0.1) is 6.54 Å². The van der Waals surface area contributed by atoms with Crippen molar-refractivity contribution in [1.29, 1.82) is 0 Å². The van der Waals surface area contributed by atoms with Crippen molar-refractivity contribution < 1.29 is 19.1 Å². The predicted molar refractivity (Wildman–Crippen MR) is 67.6 cm³/mol. The van der Waals surface area contributed by atoms with Crippen molar-refractivity contribution in [2.75, 3.05) is 20.4 Å². The molecular formula is C13H16N2O4. The van der Waals surface area contributed by atoms with Crippen LogP contribution in [0.5, 0.6) is 5.75 Å². The monoisotopic (exact) mass is 264 g/mol. The lowest BCUT2D eigenvalue weighted by Crippen LogP contribution is -2.56. The van der Waals surface area contributed by atoms with Crippen LogP contribution in [0.2, 0.25) is 0 Å². The molecule has 1 aliphatic heterocycles. The number of methoxy groups -OCH3 is 1. The maximum Gasteiger partial charge on any atom is 0.243 e. The molecule has 19 heavy (non-hydrogen) atoms. The quantitative estimate of drug-likeness (QED) is 0.724. The first-order chi connectivity index (χ1) is 9.19. The van der Waals surface area contributed by atoms with Crippen molar-refractivity contribution in [2.24, 2.45) is 0 Å². The smallest absolute Gasteiger partial charge is 0.243 e. The Hall–Kier alpha value is -2.08. The van der Waals surface area contributed by atoms with Gasteiger partial charge in [-0.15, -0.1) is 0 Å². The van der Waals surface area contributed by atoms with Gasteiger partial charge in [-0.2, -0.15) is 0 Å². The number of rotatable bonds is 5. The average Bonchev–Trinajstić information content (AvgIpc) is 2.42. The van der Waals surface area contributed by atoms with Gasteiger partial charge in [-0.3, -0.25) is 9.59 Å². The highest BCUT2D eigenvalue weighted by Crippen LogP contribution is 2.14. The standard InChI is InChI=1S/C13H16N2O4/c1-18-8-19-10-4-2-9(3-5-10)6-11-13(17)14-7-12(16)15-11/h2-5,11H,6-8H2,1H3,(H,14,17)(H,15,16)/t11-/m0/s1. The lowest BCUT2D eigenvalue weighted by atomic mass is 10.0. The molecule has 0 unspecified atom stereocenters. The van der Waals surface area contributed by atoms with Crippen LogP contribution in [0.3, 0.4) is 0 Å². The van der Waals surface area contributed by atoms with Crippen LogP contribution in [0.4, 0.5) is 0 Å². The lowest BCUT2D eigenvalue weighted by Gasteiger charge is -2.23. The Bertz CT molecular complexity index is 458. The molecule has 2 N–H and O–H groups in total. The normalized spacial score (nSPS) is 18.7. The molecule has 6 nitrogen and oxygen atoms in total. The van der Waals surface area contributed by atoms with Crippen LogP contribution in [0.1, 0.15) is 5.56 Å². The Morgan fingerprint density at radius 3 is 2.68 bits per heavy atom. The molecule has 102 valence electrons. The summed E-state index contributed by atoms with van der Waals surface area (Å²) in [6.45, 7) is 0.250. The van der Waals surface area contributed by atoms with Crippen molar-refractivity contribution in [3.8, 4) is 5.75 Å². The maximum atomic E-state index is 11.6. The highest BCUT2D eigenvalue weighted by molar-refractivity contribution is 5.94. The van der Waals surface area contributed by atoms with Gasteiger partial charge in [-0.1, -0.05) is 12.1 Å². The molecular weight excluding hydrogens is 248 g/mol. The summed E-state index contributed by atoms with van der Waals surface area (Å²) in [4.78, 5) is 22.8. The highest BCUT2D eigenvalue weighted by atomic mass is 16.7. The van der Waals surface area contributed by atoms with Gasteiger partial charge in [0.2, 0.25) is 11.8 Å². The molecule has 0 radical (unpaired) electrons. The minimum atomic E-state index is -0.507. The molecule has 1 aromatic carbocycles. The third-order valence-electron chi connectivity index (χ3n) is 2.78. The summed E-state index contributed by atoms with van der Waals surface area (Å²) < 4.78 is 10.1. The zero-order chi connectivity index (χ0) is 13.7. The van der Waals surface area contributed by atoms with E-state index >= 15 is 0 Å². The Morgan fingerprint density at radius 1 is 1.26 bits per heavy atom. The van der Waals surface area contributed by atoms with Crippen LogP contribution in [0.25, 0.3) is 0 Å². The number of ether oxygens (including phenoxy) is 2. The van der Waals surface area contributed by atoms with E-state index in [9.17, 15) is 9.59 Å². The van der Waals surface area contributed by atoms with Crippen LogP contribution >= 0.6 is 0 Å². The van der Waals surface area contributed by atoms with Gasteiger partial charge in [-0.25, -0.2) is 0 Å². The number of carbonyl (C=O) groups excluding carboxylic acids is 2. The number of benzene rings is 1. The SMILES string of the molecule is COCOc1ccc(C[C@@H]2NC(=O)CNC2=O)cc1. The molecule has 1 aromatic rings. The summed E-state index contributed by atoms with van der Waals surface area (Å²) in [5.74, 6) is 0.381. The molecule has 0 spiro atoms. The van der Waals surface area contributed by atoms with E-state index in [1.807, 2.05) is 12.1 Å². The van der Waals surface area contributed by atoms with E-state index in [0.717, 1.165) is 5.56 Å². The molecule has 6 heteroatoms. The van der Waals surface area contributed by atoms with Gasteiger partial charge in [0.15, 0.2) is 6.79 Å². The fraction of sp³-hybridized carbons (Fsp3) is 0.385. The first-order valence-electron chi connectivity index (χ1n) is 5.97. The summed E-state index contributed by atoms with van der Waals surface area (Å²) >= 11 is 0. The van der Waals surface area contributed by atoms with Crippen LogP contribution in [0.15, 0.2) is 24.3 Å². The van der Waals surface area contributed by atoms with Gasteiger partial charge in [0.1, 0.15) is 11.8 Å². The van der Waals surface area contributed by atoms with E-state index in [1.54, 1.807) is 19.2 Å². The first-order valence-corrected chi connectivity index (χ1v) is 5.97. The zero-order valence-corrected chi connectivity index (χ0v) is 10.6. The molecule has 2 amide bonds. The van der Waals surface area contributed by atoms with Crippen LogP contribution in [-0.4, -0.2) is 38.3 Å². The second-order valence-electron chi connectivity index (χ2n) is 4.24. The Morgan fingerprint density at radius 2 is 2.00 bits per heavy atom. The lowest BCUT2D eigenvalue weighted by molar-refractivity contribution is -0.133. The Kier molecular flexibility index (Phi) is 4.35. The van der Waals surface area contributed by atoms with Gasteiger partial charge in [0, 0.05) is 13.5 Å². The number of nitrogens with one attached hydrogen (secondary N) is 2. The van der Waals surface area contributed by atoms with E-state index in [2.05, 4.69) is 10.6 Å². The molecule has 1 atom stereocenters. The van der Waals surface area contributed by atoms with E-state index in [1.165, 1.54) is 0 Å². The molecule has 2 rings (SSSR count). The van der Waals surface area contributed by atoms with E-state index in [-0.39, 0.29) is 25.2 Å². The zero-order valence-electron chi connectivity index (χ0n) is 10.6. The topological polar surface area (TPSA) is 76.7 Å². The maximum absolute atomic E-state index is 11.6. The van der Waals surface area contributed by atoms with Crippen molar-refractivity contribution in [3.63, 3.8) is 0 Å². The fourth-order valence-electron chi connectivity index (χ4n) is 1.83. The molecule has 1 heterocycles. The average molecular weight is 264 g/mol. The molecule has 0 saturated carbocycles. The van der Waals surface area contributed by atoms with E-state index in [4.69, 9.17) is 9.47 Å². The van der Waals surface area contributed by atoms with Gasteiger partial charge < -0.3 is 20.1 Å². The number of carbonyl (C=O) groups is 2. The third-order valence-corrected chi connectivity index (χ3v) is 2.78. The minimum Gasteiger partial charge on any atom is -0.468 e. The molecule has 0 aliphatic carbocycles. The minimum absolute atomic E-state index is 0.0547. The first kappa shape index (κ1) is 13.4. The summed E-state index contributed by atoms with van der Waals surface area (Å²) in [5.41, 5.74) is 0.951. The predicted octanol–water partition coefficient (Wildman–Crippen LogP) is -0.174. The van der Waals surface area contributed by atoms with E-state index in [0.29, 0.717) is 12.2 Å².